The molecule has 0 saturated heterocycles. The molecule has 0 aliphatic heterocycles. The van der Waals surface area contributed by atoms with Gasteiger partial charge >= 0.3 is 0 Å². The zero-order chi connectivity index (χ0) is 13.4. The summed E-state index contributed by atoms with van der Waals surface area (Å²) in [7, 11) is 2.11. The summed E-state index contributed by atoms with van der Waals surface area (Å²) in [5.74, 6) is 0.847. The van der Waals surface area contributed by atoms with E-state index >= 15 is 0 Å². The van der Waals surface area contributed by atoms with Crippen LogP contribution < -0.4 is 5.73 Å². The molecule has 1 aliphatic carbocycles. The maximum absolute atomic E-state index is 10.1. The second kappa shape index (κ2) is 8.10. The maximum atomic E-state index is 10.1. The number of rotatable bonds is 11. The highest BCUT2D eigenvalue weighted by molar-refractivity contribution is 4.77. The summed E-state index contributed by atoms with van der Waals surface area (Å²) in [6, 6.07) is 0. The van der Waals surface area contributed by atoms with Crippen molar-refractivity contribution >= 4 is 0 Å². The van der Waals surface area contributed by atoms with E-state index in [9.17, 15) is 5.11 Å². The molecule has 1 aliphatic rings. The Bertz CT molecular complexity index is 216. The van der Waals surface area contributed by atoms with Gasteiger partial charge in [0.2, 0.25) is 0 Å². The first-order chi connectivity index (χ1) is 8.59. The van der Waals surface area contributed by atoms with E-state index in [0.717, 1.165) is 51.5 Å². The second-order valence-electron chi connectivity index (χ2n) is 5.71. The molecule has 18 heavy (non-hydrogen) atoms. The maximum Gasteiger partial charge on any atom is 0.0767 e. The Kier molecular flexibility index (Phi) is 7.15. The number of hydrogen-bond donors (Lipinski definition) is 2. The third kappa shape index (κ3) is 6.69. The first kappa shape index (κ1) is 15.9. The molecule has 0 aromatic rings. The molecular weight excluding hydrogens is 228 g/mol. The fourth-order valence-electron chi connectivity index (χ4n) is 1.97. The summed E-state index contributed by atoms with van der Waals surface area (Å²) >= 11 is 0. The molecule has 0 amide bonds. The van der Waals surface area contributed by atoms with Crippen molar-refractivity contribution in [2.24, 2.45) is 11.7 Å². The monoisotopic (exact) mass is 258 g/mol. The average Bonchev–Trinajstić information content (AvgIpc) is 3.18. The number of likely N-dealkylation sites (N-methyl/N-ethyl adjacent to an activating group) is 1. The highest BCUT2D eigenvalue weighted by Crippen LogP contribution is 2.28. The molecule has 1 saturated carbocycles. The van der Waals surface area contributed by atoms with Crippen LogP contribution in [0.15, 0.2) is 0 Å². The summed E-state index contributed by atoms with van der Waals surface area (Å²) in [6.07, 6.45) is 5.21. The van der Waals surface area contributed by atoms with Crippen LogP contribution in [0.4, 0.5) is 0 Å². The average molecular weight is 258 g/mol. The fourth-order valence-corrected chi connectivity index (χ4v) is 1.97. The van der Waals surface area contributed by atoms with E-state index in [1.54, 1.807) is 0 Å². The van der Waals surface area contributed by atoms with Gasteiger partial charge in [-0.1, -0.05) is 6.92 Å². The highest BCUT2D eigenvalue weighted by atomic mass is 16.5. The molecule has 0 aromatic carbocycles. The predicted molar refractivity (Wildman–Crippen MR) is 74.6 cm³/mol. The Morgan fingerprint density at radius 3 is 2.67 bits per heavy atom. The van der Waals surface area contributed by atoms with E-state index in [1.807, 2.05) is 6.92 Å². The quantitative estimate of drug-likeness (QED) is 0.547. The number of nitrogens with two attached hydrogens (primary N) is 1. The fraction of sp³-hybridized carbons (Fsp3) is 1.00. The van der Waals surface area contributed by atoms with Gasteiger partial charge in [0.05, 0.1) is 12.2 Å². The van der Waals surface area contributed by atoms with Crippen LogP contribution in [0.5, 0.6) is 0 Å². The van der Waals surface area contributed by atoms with Crippen LogP contribution in [-0.2, 0) is 4.74 Å². The van der Waals surface area contributed by atoms with Crippen LogP contribution in [0.3, 0.4) is 0 Å². The molecule has 1 fully saturated rings. The Hall–Kier alpha value is -0.160. The summed E-state index contributed by atoms with van der Waals surface area (Å²) in [4.78, 5) is 2.26. The minimum Gasteiger partial charge on any atom is -0.389 e. The summed E-state index contributed by atoms with van der Waals surface area (Å²) in [5, 5.41) is 10.1. The van der Waals surface area contributed by atoms with Crippen molar-refractivity contribution in [2.75, 3.05) is 39.9 Å². The lowest BCUT2D eigenvalue weighted by atomic mass is 9.95. The molecule has 0 radical (unpaired) electrons. The largest absolute Gasteiger partial charge is 0.389 e. The number of nitrogens with zero attached hydrogens (tertiary/aromatic N) is 1. The summed E-state index contributed by atoms with van der Waals surface area (Å²) in [6.45, 7) is 6.08. The van der Waals surface area contributed by atoms with Crippen LogP contribution >= 0.6 is 0 Å². The van der Waals surface area contributed by atoms with E-state index in [-0.39, 0.29) is 0 Å². The van der Waals surface area contributed by atoms with Crippen molar-refractivity contribution < 1.29 is 9.84 Å². The molecule has 0 aromatic heterocycles. The van der Waals surface area contributed by atoms with Gasteiger partial charge in [-0.15, -0.1) is 0 Å². The smallest absolute Gasteiger partial charge is 0.0767 e. The topological polar surface area (TPSA) is 58.7 Å². The molecule has 4 nitrogen and oxygen atoms in total. The first-order valence-electron chi connectivity index (χ1n) is 7.28. The van der Waals surface area contributed by atoms with Crippen molar-refractivity contribution in [3.63, 3.8) is 0 Å². The second-order valence-corrected chi connectivity index (χ2v) is 5.71. The minimum absolute atomic E-state index is 0.359. The zero-order valence-electron chi connectivity index (χ0n) is 12.0. The lowest BCUT2D eigenvalue weighted by molar-refractivity contribution is 0.0312. The molecule has 4 heteroatoms. The van der Waals surface area contributed by atoms with Gasteiger partial charge in [-0.3, -0.25) is 0 Å². The van der Waals surface area contributed by atoms with Crippen LogP contribution in [0, 0.1) is 5.92 Å². The van der Waals surface area contributed by atoms with Gasteiger partial charge < -0.3 is 20.5 Å². The molecule has 108 valence electrons. The lowest BCUT2D eigenvalue weighted by Gasteiger charge is -2.26. The van der Waals surface area contributed by atoms with Crippen molar-refractivity contribution in [1.82, 2.24) is 4.90 Å². The third-order valence-electron chi connectivity index (χ3n) is 3.89. The molecule has 1 rings (SSSR count). The molecule has 0 bridgehead atoms. The van der Waals surface area contributed by atoms with Gasteiger partial charge in [-0.2, -0.15) is 0 Å². The van der Waals surface area contributed by atoms with Crippen LogP contribution in [0.2, 0.25) is 0 Å². The van der Waals surface area contributed by atoms with Crippen LogP contribution in [-0.4, -0.2) is 55.5 Å². The number of hydrogen-bond acceptors (Lipinski definition) is 4. The Morgan fingerprint density at radius 2 is 2.11 bits per heavy atom. The molecule has 1 unspecified atom stereocenters. The van der Waals surface area contributed by atoms with Crippen molar-refractivity contribution in [2.45, 2.75) is 44.6 Å². The SMILES string of the molecule is CCC(O)(CN)CCCN(C)CCOCC1CC1. The predicted octanol–water partition coefficient (Wildman–Crippen LogP) is 1.22. The van der Waals surface area contributed by atoms with E-state index in [2.05, 4.69) is 11.9 Å². The normalized spacial score (nSPS) is 19.2. The number of aliphatic hydroxyl groups is 1. The van der Waals surface area contributed by atoms with E-state index in [0.29, 0.717) is 6.54 Å². The van der Waals surface area contributed by atoms with Crippen molar-refractivity contribution in [3.05, 3.63) is 0 Å². The van der Waals surface area contributed by atoms with E-state index < -0.39 is 5.60 Å². The molecule has 3 N–H and O–H groups in total. The van der Waals surface area contributed by atoms with Gasteiger partial charge in [0.1, 0.15) is 0 Å². The van der Waals surface area contributed by atoms with Crippen molar-refractivity contribution in [3.8, 4) is 0 Å². The Balaban J connectivity index is 1.96. The molecule has 0 heterocycles. The molecule has 1 atom stereocenters. The lowest BCUT2D eigenvalue weighted by Crippen LogP contribution is -2.38. The van der Waals surface area contributed by atoms with Gasteiger partial charge in [0.15, 0.2) is 0 Å². The van der Waals surface area contributed by atoms with Gasteiger partial charge in [0.25, 0.3) is 0 Å². The minimum atomic E-state index is -0.663. The van der Waals surface area contributed by atoms with Crippen molar-refractivity contribution in [1.29, 1.82) is 0 Å². The Morgan fingerprint density at radius 1 is 1.39 bits per heavy atom. The van der Waals surface area contributed by atoms with Gasteiger partial charge in [-0.25, -0.2) is 0 Å². The molecular formula is C14H30N2O2. The van der Waals surface area contributed by atoms with Gasteiger partial charge in [0, 0.05) is 19.7 Å². The van der Waals surface area contributed by atoms with Crippen LogP contribution in [0.1, 0.15) is 39.0 Å². The Labute approximate surface area is 111 Å². The summed E-state index contributed by atoms with van der Waals surface area (Å²) < 4.78 is 5.61. The molecule has 0 spiro atoms. The highest BCUT2D eigenvalue weighted by Gasteiger charge is 2.22. The first-order valence-corrected chi connectivity index (χ1v) is 7.28. The standard InChI is InChI=1S/C14H30N2O2/c1-3-14(17,12-15)7-4-8-16(2)9-10-18-11-13-5-6-13/h13,17H,3-12,15H2,1-2H3. The van der Waals surface area contributed by atoms with E-state index in [1.165, 1.54) is 12.8 Å². The van der Waals surface area contributed by atoms with Crippen LogP contribution in [0.25, 0.3) is 0 Å². The zero-order valence-corrected chi connectivity index (χ0v) is 12.0. The summed E-state index contributed by atoms with van der Waals surface area (Å²) in [5.41, 5.74) is 4.92. The third-order valence-corrected chi connectivity index (χ3v) is 3.89. The van der Waals surface area contributed by atoms with E-state index in [4.69, 9.17) is 10.5 Å². The van der Waals surface area contributed by atoms with Gasteiger partial charge in [-0.05, 0) is 51.6 Å². The number of ether oxygens (including phenoxy) is 1.